The quantitative estimate of drug-likeness (QED) is 0.843. The zero-order valence-electron chi connectivity index (χ0n) is 8.98. The fraction of sp³-hybridized carbons (Fsp3) is 0.800. The summed E-state index contributed by atoms with van der Waals surface area (Å²) < 4.78 is 12.1. The van der Waals surface area contributed by atoms with E-state index < -0.39 is 28.6 Å². The van der Waals surface area contributed by atoms with Gasteiger partial charge >= 0.3 is 5.97 Å². The van der Waals surface area contributed by atoms with Gasteiger partial charge in [-0.05, 0) is 17.9 Å². The van der Waals surface area contributed by atoms with Gasteiger partial charge < -0.3 is 5.11 Å². The summed E-state index contributed by atoms with van der Waals surface area (Å²) in [4.78, 5) is 10.9. The number of nitriles is 1. The molecular weight excluding hydrogens is 249 g/mol. The van der Waals surface area contributed by atoms with Gasteiger partial charge in [0.25, 0.3) is 0 Å². The summed E-state index contributed by atoms with van der Waals surface area (Å²) in [6, 6.07) is 2.13. The first kappa shape index (κ1) is 13.7. The maximum Gasteiger partial charge on any atom is 0.306 e. The minimum absolute atomic E-state index is 0.745. The molecule has 0 radical (unpaired) electrons. The fourth-order valence-electron chi connectivity index (χ4n) is 1.65. The molecule has 0 saturated carbocycles. The van der Waals surface area contributed by atoms with Crippen LogP contribution < -0.4 is 0 Å². The van der Waals surface area contributed by atoms with Gasteiger partial charge in [0.05, 0.1) is 18.7 Å². The lowest BCUT2D eigenvalue weighted by atomic mass is 9.92. The third kappa shape index (κ3) is 2.64. The van der Waals surface area contributed by atoms with Crippen LogP contribution in [0.25, 0.3) is 0 Å². The lowest BCUT2D eigenvalue weighted by Crippen LogP contribution is -2.40. The van der Waals surface area contributed by atoms with E-state index in [1.807, 2.05) is 0 Å². The van der Waals surface area contributed by atoms with E-state index in [1.165, 1.54) is 30.4 Å². The molecule has 16 heavy (non-hydrogen) atoms. The van der Waals surface area contributed by atoms with Crippen LogP contribution in [-0.4, -0.2) is 33.3 Å². The highest BCUT2D eigenvalue weighted by Crippen LogP contribution is 2.49. The van der Waals surface area contributed by atoms with Crippen LogP contribution in [0.4, 0.5) is 4.39 Å². The van der Waals surface area contributed by atoms with E-state index in [0.29, 0.717) is 0 Å². The van der Waals surface area contributed by atoms with Crippen molar-refractivity contribution in [2.75, 3.05) is 18.2 Å². The van der Waals surface area contributed by atoms with Crippen LogP contribution in [0.2, 0.25) is 0 Å². The molecular formula is C10H14FNO2S2. The van der Waals surface area contributed by atoms with E-state index in [1.54, 1.807) is 0 Å². The van der Waals surface area contributed by atoms with E-state index in [-0.39, 0.29) is 0 Å². The van der Waals surface area contributed by atoms with Crippen molar-refractivity contribution >= 4 is 29.5 Å². The van der Waals surface area contributed by atoms with Crippen LogP contribution in [0.5, 0.6) is 0 Å². The molecule has 1 saturated heterocycles. The summed E-state index contributed by atoms with van der Waals surface area (Å²) in [5, 5.41) is 18.2. The van der Waals surface area contributed by atoms with Crippen molar-refractivity contribution in [1.82, 2.24) is 0 Å². The van der Waals surface area contributed by atoms with E-state index in [4.69, 9.17) is 5.11 Å². The Labute approximate surface area is 103 Å². The van der Waals surface area contributed by atoms with Gasteiger partial charge in [0.2, 0.25) is 0 Å². The molecule has 0 aromatic carbocycles. The molecule has 1 aliphatic heterocycles. The zero-order valence-corrected chi connectivity index (χ0v) is 10.6. The molecule has 1 aliphatic rings. The number of hydrogen-bond acceptors (Lipinski definition) is 4. The van der Waals surface area contributed by atoms with Gasteiger partial charge in [-0.1, -0.05) is 6.92 Å². The second kappa shape index (κ2) is 5.78. The van der Waals surface area contributed by atoms with Crippen LogP contribution in [0.3, 0.4) is 0 Å². The van der Waals surface area contributed by atoms with Crippen LogP contribution in [0.15, 0.2) is 0 Å². The standard InChI is InChI=1S/C10H14FNO2S2/c1-7(9(13)14)8(5-11)10(6-12)15-3-2-4-16-10/h7-8H,2-5H2,1H3,(H,13,14). The Morgan fingerprint density at radius 3 is 2.56 bits per heavy atom. The number of halogens is 1. The number of hydrogen-bond donors (Lipinski definition) is 1. The van der Waals surface area contributed by atoms with E-state index in [9.17, 15) is 14.4 Å². The lowest BCUT2D eigenvalue weighted by Gasteiger charge is -2.37. The van der Waals surface area contributed by atoms with Crippen molar-refractivity contribution in [2.24, 2.45) is 11.8 Å². The second-order valence-corrected chi connectivity index (χ2v) is 6.66. The highest BCUT2D eigenvalue weighted by Gasteiger charge is 2.46. The highest BCUT2D eigenvalue weighted by molar-refractivity contribution is 8.19. The van der Waals surface area contributed by atoms with Gasteiger partial charge in [-0.15, -0.1) is 23.5 Å². The number of carboxylic acid groups (broad SMARTS) is 1. The summed E-state index contributed by atoms with van der Waals surface area (Å²) >= 11 is 2.78. The predicted molar refractivity (Wildman–Crippen MR) is 64.1 cm³/mol. The molecule has 1 N–H and O–H groups in total. The van der Waals surface area contributed by atoms with Crippen molar-refractivity contribution < 1.29 is 14.3 Å². The van der Waals surface area contributed by atoms with Gasteiger partial charge in [-0.3, -0.25) is 9.18 Å². The third-order valence-electron chi connectivity index (χ3n) is 2.72. The molecule has 0 aliphatic carbocycles. The Bertz CT molecular complexity index is 300. The smallest absolute Gasteiger partial charge is 0.306 e. The average Bonchev–Trinajstić information content (AvgIpc) is 2.30. The third-order valence-corrected chi connectivity index (χ3v) is 6.06. The Hall–Kier alpha value is -0.410. The minimum Gasteiger partial charge on any atom is -0.481 e. The van der Waals surface area contributed by atoms with Gasteiger partial charge in [0.15, 0.2) is 4.08 Å². The summed E-state index contributed by atoms with van der Waals surface area (Å²) in [7, 11) is 0. The Morgan fingerprint density at radius 2 is 2.19 bits per heavy atom. The number of rotatable bonds is 4. The molecule has 2 unspecified atom stereocenters. The molecule has 1 fully saturated rings. The van der Waals surface area contributed by atoms with Crippen LogP contribution >= 0.6 is 23.5 Å². The summed E-state index contributed by atoms with van der Waals surface area (Å²) in [5.41, 5.74) is 0. The number of nitrogens with zero attached hydrogens (tertiary/aromatic N) is 1. The molecule has 1 heterocycles. The van der Waals surface area contributed by atoms with E-state index in [2.05, 4.69) is 6.07 Å². The fourth-order valence-corrected chi connectivity index (χ4v) is 4.94. The molecule has 3 nitrogen and oxygen atoms in total. The molecule has 0 aromatic rings. The molecule has 0 amide bonds. The van der Waals surface area contributed by atoms with Crippen molar-refractivity contribution in [2.45, 2.75) is 17.4 Å². The number of aliphatic carboxylic acids is 1. The highest BCUT2D eigenvalue weighted by atomic mass is 32.2. The first-order chi connectivity index (χ1) is 7.57. The molecule has 6 heteroatoms. The normalized spacial score (nSPS) is 23.1. The summed E-state index contributed by atoms with van der Waals surface area (Å²) in [6.07, 6.45) is 0.985. The van der Waals surface area contributed by atoms with Crippen LogP contribution in [0.1, 0.15) is 13.3 Å². The molecule has 0 aromatic heterocycles. The number of carboxylic acids is 1. The van der Waals surface area contributed by atoms with Gasteiger partial charge in [0, 0.05) is 5.92 Å². The minimum atomic E-state index is -1.04. The molecule has 0 spiro atoms. The largest absolute Gasteiger partial charge is 0.481 e. The van der Waals surface area contributed by atoms with Gasteiger partial charge in [-0.25, -0.2) is 0 Å². The van der Waals surface area contributed by atoms with Crippen molar-refractivity contribution in [3.8, 4) is 6.07 Å². The summed E-state index contributed by atoms with van der Waals surface area (Å²) in [5.74, 6) is -1.02. The maximum absolute atomic E-state index is 13.0. The number of alkyl halides is 1. The van der Waals surface area contributed by atoms with E-state index in [0.717, 1.165) is 17.9 Å². The van der Waals surface area contributed by atoms with Crippen LogP contribution in [-0.2, 0) is 4.79 Å². The monoisotopic (exact) mass is 263 g/mol. The molecule has 2 atom stereocenters. The first-order valence-corrected chi connectivity index (χ1v) is 7.02. The Kier molecular flexibility index (Phi) is 4.93. The van der Waals surface area contributed by atoms with E-state index >= 15 is 0 Å². The van der Waals surface area contributed by atoms with Gasteiger partial charge in [-0.2, -0.15) is 5.26 Å². The van der Waals surface area contributed by atoms with Crippen LogP contribution in [0, 0.1) is 23.2 Å². The number of carbonyl (C=O) groups is 1. The number of thioether (sulfide) groups is 2. The van der Waals surface area contributed by atoms with Crippen molar-refractivity contribution in [1.29, 1.82) is 5.26 Å². The molecule has 0 bridgehead atoms. The average molecular weight is 263 g/mol. The Balaban J connectivity index is 2.91. The topological polar surface area (TPSA) is 61.1 Å². The molecule has 1 rings (SSSR count). The van der Waals surface area contributed by atoms with Crippen molar-refractivity contribution in [3.63, 3.8) is 0 Å². The predicted octanol–water partition coefficient (Wildman–Crippen LogP) is 2.38. The lowest BCUT2D eigenvalue weighted by molar-refractivity contribution is -0.143. The first-order valence-electron chi connectivity index (χ1n) is 5.05. The SMILES string of the molecule is CC(C(=O)O)C(CF)C1(C#N)SCCCS1. The second-order valence-electron chi connectivity index (χ2n) is 3.72. The Morgan fingerprint density at radius 1 is 1.62 bits per heavy atom. The van der Waals surface area contributed by atoms with Gasteiger partial charge in [0.1, 0.15) is 0 Å². The van der Waals surface area contributed by atoms with Crippen molar-refractivity contribution in [3.05, 3.63) is 0 Å². The zero-order chi connectivity index (χ0) is 12.2. The maximum atomic E-state index is 13.0. The summed E-state index contributed by atoms with van der Waals surface area (Å²) in [6.45, 7) is 0.711. The molecule has 90 valence electrons.